The van der Waals surface area contributed by atoms with Gasteiger partial charge in [-0.25, -0.2) is 12.7 Å². The van der Waals surface area contributed by atoms with Crippen LogP contribution in [0.3, 0.4) is 0 Å². The van der Waals surface area contributed by atoms with Crippen LogP contribution in [0.1, 0.15) is 12.8 Å². The van der Waals surface area contributed by atoms with Crippen molar-refractivity contribution in [1.29, 1.82) is 0 Å². The first-order valence-electron chi connectivity index (χ1n) is 7.38. The van der Waals surface area contributed by atoms with E-state index in [1.54, 1.807) is 4.31 Å². The highest BCUT2D eigenvalue weighted by atomic mass is 32.2. The largest absolute Gasteiger partial charge is 0.384 e. The maximum absolute atomic E-state index is 12.1. The van der Waals surface area contributed by atoms with Crippen LogP contribution in [0.25, 0.3) is 0 Å². The summed E-state index contributed by atoms with van der Waals surface area (Å²) in [5, 5.41) is 0. The maximum atomic E-state index is 12.1. The first-order chi connectivity index (χ1) is 9.62. The molecule has 0 amide bonds. The van der Waals surface area contributed by atoms with Crippen LogP contribution in [0.15, 0.2) is 0 Å². The lowest BCUT2D eigenvalue weighted by Crippen LogP contribution is -2.45. The molecule has 2 aliphatic heterocycles. The molecule has 0 aromatic carbocycles. The molecule has 0 aliphatic carbocycles. The second-order valence-corrected chi connectivity index (χ2v) is 7.65. The SMILES string of the molecule is COCCS(=O)(=O)N1CCC(CN2CCOCC2)CC1. The average Bonchev–Trinajstić information content (AvgIpc) is 2.47. The van der Waals surface area contributed by atoms with Gasteiger partial charge in [-0.15, -0.1) is 0 Å². The molecule has 0 N–H and O–H groups in total. The van der Waals surface area contributed by atoms with E-state index in [1.807, 2.05) is 0 Å². The van der Waals surface area contributed by atoms with Crippen molar-refractivity contribution in [2.45, 2.75) is 12.8 Å². The van der Waals surface area contributed by atoms with E-state index in [-0.39, 0.29) is 12.4 Å². The molecule has 2 aliphatic rings. The molecule has 0 unspecified atom stereocenters. The Kier molecular flexibility index (Phi) is 6.22. The molecular formula is C13H26N2O4S. The van der Waals surface area contributed by atoms with Gasteiger partial charge < -0.3 is 9.47 Å². The normalized spacial score (nSPS) is 24.1. The standard InChI is InChI=1S/C13H26N2O4S/c1-18-10-11-20(16,17)15-4-2-13(3-5-15)12-14-6-8-19-9-7-14/h13H,2-12H2,1H3. The van der Waals surface area contributed by atoms with Gasteiger partial charge in [-0.3, -0.25) is 4.90 Å². The lowest BCUT2D eigenvalue weighted by Gasteiger charge is -2.35. The fourth-order valence-corrected chi connectivity index (χ4v) is 4.24. The predicted octanol–water partition coefficient (Wildman–Crippen LogP) is 0.00680. The Balaban J connectivity index is 1.74. The zero-order chi connectivity index (χ0) is 14.4. The van der Waals surface area contributed by atoms with Crippen molar-refractivity contribution in [2.75, 3.05) is 65.4 Å². The van der Waals surface area contributed by atoms with Crippen LogP contribution in [0, 0.1) is 5.92 Å². The number of morpholine rings is 1. The smallest absolute Gasteiger partial charge is 0.216 e. The van der Waals surface area contributed by atoms with E-state index >= 15 is 0 Å². The van der Waals surface area contributed by atoms with Crippen LogP contribution >= 0.6 is 0 Å². The average molecular weight is 306 g/mol. The molecule has 0 atom stereocenters. The molecule has 0 radical (unpaired) electrons. The monoisotopic (exact) mass is 306 g/mol. The zero-order valence-corrected chi connectivity index (χ0v) is 13.1. The van der Waals surface area contributed by atoms with Gasteiger partial charge in [-0.2, -0.15) is 0 Å². The number of hydrogen-bond donors (Lipinski definition) is 0. The highest BCUT2D eigenvalue weighted by Gasteiger charge is 2.28. The van der Waals surface area contributed by atoms with E-state index < -0.39 is 10.0 Å². The minimum absolute atomic E-state index is 0.0949. The Morgan fingerprint density at radius 3 is 2.40 bits per heavy atom. The van der Waals surface area contributed by atoms with Crippen LogP contribution in [-0.4, -0.2) is 83.0 Å². The number of hydrogen-bond acceptors (Lipinski definition) is 5. The van der Waals surface area contributed by atoms with Crippen molar-refractivity contribution in [2.24, 2.45) is 5.92 Å². The Morgan fingerprint density at radius 2 is 1.80 bits per heavy atom. The van der Waals surface area contributed by atoms with Crippen molar-refractivity contribution in [3.05, 3.63) is 0 Å². The van der Waals surface area contributed by atoms with E-state index in [1.165, 1.54) is 7.11 Å². The summed E-state index contributed by atoms with van der Waals surface area (Å²) >= 11 is 0. The number of ether oxygens (including phenoxy) is 2. The topological polar surface area (TPSA) is 59.1 Å². The summed E-state index contributed by atoms with van der Waals surface area (Å²) in [4.78, 5) is 2.43. The summed E-state index contributed by atoms with van der Waals surface area (Å²) in [5.74, 6) is 0.708. The van der Waals surface area contributed by atoms with E-state index in [0.29, 0.717) is 19.0 Å². The summed E-state index contributed by atoms with van der Waals surface area (Å²) in [6.07, 6.45) is 1.92. The molecule has 2 saturated heterocycles. The Labute approximate surface area is 122 Å². The molecular weight excluding hydrogens is 280 g/mol. The summed E-state index contributed by atoms with van der Waals surface area (Å²) in [6.45, 7) is 6.32. The minimum atomic E-state index is -3.13. The third kappa shape index (κ3) is 4.66. The number of methoxy groups -OCH3 is 1. The van der Waals surface area contributed by atoms with Crippen molar-refractivity contribution >= 4 is 10.0 Å². The van der Waals surface area contributed by atoms with E-state index in [0.717, 1.165) is 45.7 Å². The molecule has 2 fully saturated rings. The second-order valence-electron chi connectivity index (χ2n) is 5.56. The summed E-state index contributed by atoms with van der Waals surface area (Å²) in [6, 6.07) is 0. The number of nitrogens with zero attached hydrogens (tertiary/aromatic N) is 2. The van der Waals surface area contributed by atoms with Gasteiger partial charge in [0.25, 0.3) is 0 Å². The fourth-order valence-electron chi connectivity index (χ4n) is 2.84. The molecule has 0 aromatic heterocycles. The lowest BCUT2D eigenvalue weighted by molar-refractivity contribution is 0.0269. The highest BCUT2D eigenvalue weighted by Crippen LogP contribution is 2.21. The van der Waals surface area contributed by atoms with Crippen LogP contribution in [0.4, 0.5) is 0 Å². The van der Waals surface area contributed by atoms with Gasteiger partial charge in [0.15, 0.2) is 0 Å². The van der Waals surface area contributed by atoms with Crippen molar-refractivity contribution in [3.63, 3.8) is 0 Å². The third-order valence-electron chi connectivity index (χ3n) is 4.13. The van der Waals surface area contributed by atoms with Gasteiger partial charge in [0.05, 0.1) is 25.6 Å². The summed E-state index contributed by atoms with van der Waals surface area (Å²) < 4.78 is 36.0. The quantitative estimate of drug-likeness (QED) is 0.692. The fraction of sp³-hybridized carbons (Fsp3) is 1.00. The lowest BCUT2D eigenvalue weighted by atomic mass is 9.97. The molecule has 6 nitrogen and oxygen atoms in total. The second kappa shape index (κ2) is 7.70. The van der Waals surface area contributed by atoms with Gasteiger partial charge in [0.1, 0.15) is 0 Å². The first-order valence-corrected chi connectivity index (χ1v) is 8.99. The molecule has 0 bridgehead atoms. The number of piperidine rings is 1. The van der Waals surface area contributed by atoms with Crippen LogP contribution < -0.4 is 0 Å². The van der Waals surface area contributed by atoms with Gasteiger partial charge in [-0.1, -0.05) is 0 Å². The number of rotatable bonds is 6. The minimum Gasteiger partial charge on any atom is -0.384 e. The van der Waals surface area contributed by atoms with Crippen LogP contribution in [0.5, 0.6) is 0 Å². The van der Waals surface area contributed by atoms with Gasteiger partial charge in [0.2, 0.25) is 10.0 Å². The molecule has 118 valence electrons. The first kappa shape index (κ1) is 16.2. The molecule has 2 rings (SSSR count). The van der Waals surface area contributed by atoms with Crippen molar-refractivity contribution in [1.82, 2.24) is 9.21 Å². The zero-order valence-electron chi connectivity index (χ0n) is 12.3. The van der Waals surface area contributed by atoms with E-state index in [9.17, 15) is 8.42 Å². The van der Waals surface area contributed by atoms with Gasteiger partial charge in [-0.05, 0) is 18.8 Å². The Bertz CT molecular complexity index is 374. The van der Waals surface area contributed by atoms with Crippen LogP contribution in [0.2, 0.25) is 0 Å². The molecule has 7 heteroatoms. The molecule has 2 heterocycles. The van der Waals surface area contributed by atoms with Crippen molar-refractivity contribution in [3.8, 4) is 0 Å². The third-order valence-corrected chi connectivity index (χ3v) is 5.97. The van der Waals surface area contributed by atoms with E-state index in [4.69, 9.17) is 9.47 Å². The van der Waals surface area contributed by atoms with Gasteiger partial charge >= 0.3 is 0 Å². The van der Waals surface area contributed by atoms with Gasteiger partial charge in [0, 0.05) is 39.8 Å². The molecule has 20 heavy (non-hydrogen) atoms. The van der Waals surface area contributed by atoms with E-state index in [2.05, 4.69) is 4.90 Å². The summed E-state index contributed by atoms with van der Waals surface area (Å²) in [7, 11) is -1.60. The predicted molar refractivity (Wildman–Crippen MR) is 77.2 cm³/mol. The van der Waals surface area contributed by atoms with Crippen LogP contribution in [-0.2, 0) is 19.5 Å². The Morgan fingerprint density at radius 1 is 1.15 bits per heavy atom. The maximum Gasteiger partial charge on any atom is 0.216 e. The Hall–Kier alpha value is -0.210. The molecule has 0 aromatic rings. The number of sulfonamides is 1. The summed E-state index contributed by atoms with van der Waals surface area (Å²) in [5.41, 5.74) is 0. The van der Waals surface area contributed by atoms with Crippen molar-refractivity contribution < 1.29 is 17.9 Å². The molecule has 0 spiro atoms. The highest BCUT2D eigenvalue weighted by molar-refractivity contribution is 7.89. The molecule has 0 saturated carbocycles.